The minimum atomic E-state index is -0.857. The first kappa shape index (κ1) is 19.3. The van der Waals surface area contributed by atoms with Gasteiger partial charge in [-0.2, -0.15) is 0 Å². The van der Waals surface area contributed by atoms with E-state index >= 15 is 0 Å². The molecule has 142 valence electrons. The van der Waals surface area contributed by atoms with Crippen LogP contribution in [0.1, 0.15) is 52.0 Å². The first-order valence-electron chi connectivity index (χ1n) is 9.86. The number of fused-ring (bicyclic) bond motifs is 1. The van der Waals surface area contributed by atoms with Crippen molar-refractivity contribution in [3.05, 3.63) is 59.2 Å². The molecule has 26 heavy (non-hydrogen) atoms. The van der Waals surface area contributed by atoms with Gasteiger partial charge in [-0.25, -0.2) is 0 Å². The Labute approximate surface area is 157 Å². The van der Waals surface area contributed by atoms with Crippen LogP contribution in [0.4, 0.5) is 0 Å². The second-order valence-corrected chi connectivity index (χ2v) is 7.92. The number of benzene rings is 1. The van der Waals surface area contributed by atoms with Crippen molar-refractivity contribution < 1.29 is 14.9 Å². The van der Waals surface area contributed by atoms with Crippen molar-refractivity contribution in [1.82, 2.24) is 0 Å². The molecule has 3 rings (SSSR count). The van der Waals surface area contributed by atoms with Crippen LogP contribution in [-0.2, 0) is 11.2 Å². The molecule has 0 spiro atoms. The molecule has 4 unspecified atom stereocenters. The molecule has 2 N–H and O–H groups in total. The summed E-state index contributed by atoms with van der Waals surface area (Å²) in [6.45, 7) is 6.58. The molecule has 1 aliphatic heterocycles. The van der Waals surface area contributed by atoms with Crippen LogP contribution in [0.2, 0.25) is 0 Å². The van der Waals surface area contributed by atoms with E-state index in [1.54, 1.807) is 0 Å². The van der Waals surface area contributed by atoms with Gasteiger partial charge < -0.3 is 14.9 Å². The second kappa shape index (κ2) is 7.67. The first-order valence-corrected chi connectivity index (χ1v) is 9.86. The Morgan fingerprint density at radius 2 is 1.88 bits per heavy atom. The van der Waals surface area contributed by atoms with Gasteiger partial charge in [-0.3, -0.25) is 0 Å². The van der Waals surface area contributed by atoms with Crippen LogP contribution >= 0.6 is 0 Å². The molecule has 0 bridgehead atoms. The lowest BCUT2D eigenvalue weighted by atomic mass is 9.55. The molecular weight excluding hydrogens is 324 g/mol. The Morgan fingerprint density at radius 1 is 1.15 bits per heavy atom. The zero-order valence-corrected chi connectivity index (χ0v) is 16.2. The van der Waals surface area contributed by atoms with E-state index in [0.717, 1.165) is 24.8 Å². The third-order valence-electron chi connectivity index (χ3n) is 6.64. The summed E-state index contributed by atoms with van der Waals surface area (Å²) in [5.41, 5.74) is 2.78. The standard InChI is InChI=1S/C23H32O3/c1-4-18-16-26-21(24)20-15-22(25,6-3)12-13-23(20,19(18)5-2)14-17-10-8-7-9-11-17/h4-5,7-11,20-21,24-25H,6,12-16H2,1-3H3. The van der Waals surface area contributed by atoms with E-state index in [1.807, 2.05) is 19.9 Å². The van der Waals surface area contributed by atoms with Gasteiger partial charge in [0.1, 0.15) is 0 Å². The van der Waals surface area contributed by atoms with Crippen LogP contribution in [0, 0.1) is 11.3 Å². The molecule has 1 aromatic rings. The average molecular weight is 357 g/mol. The van der Waals surface area contributed by atoms with E-state index in [4.69, 9.17) is 4.74 Å². The van der Waals surface area contributed by atoms with Gasteiger partial charge in [-0.15, -0.1) is 0 Å². The summed E-state index contributed by atoms with van der Waals surface area (Å²) < 4.78 is 5.84. The maximum absolute atomic E-state index is 11.0. The summed E-state index contributed by atoms with van der Waals surface area (Å²) in [7, 11) is 0. The maximum Gasteiger partial charge on any atom is 0.158 e. The number of hydrogen-bond donors (Lipinski definition) is 2. The summed E-state index contributed by atoms with van der Waals surface area (Å²) >= 11 is 0. The summed E-state index contributed by atoms with van der Waals surface area (Å²) in [5.74, 6) is -0.120. The third kappa shape index (κ3) is 3.40. The lowest BCUT2D eigenvalue weighted by Crippen LogP contribution is -2.51. The van der Waals surface area contributed by atoms with Crippen molar-refractivity contribution in [3.63, 3.8) is 0 Å². The summed E-state index contributed by atoms with van der Waals surface area (Å²) in [5, 5.41) is 21.9. The van der Waals surface area contributed by atoms with Crippen molar-refractivity contribution in [2.75, 3.05) is 6.61 Å². The van der Waals surface area contributed by atoms with E-state index in [2.05, 4.69) is 43.3 Å². The van der Waals surface area contributed by atoms with Crippen molar-refractivity contribution in [2.24, 2.45) is 11.3 Å². The van der Waals surface area contributed by atoms with Crippen LogP contribution in [0.3, 0.4) is 0 Å². The molecule has 3 nitrogen and oxygen atoms in total. The fourth-order valence-electron chi connectivity index (χ4n) is 5.05. The third-order valence-corrected chi connectivity index (χ3v) is 6.64. The minimum Gasteiger partial charge on any atom is -0.390 e. The van der Waals surface area contributed by atoms with Crippen LogP contribution < -0.4 is 0 Å². The van der Waals surface area contributed by atoms with E-state index < -0.39 is 11.9 Å². The number of rotatable bonds is 3. The van der Waals surface area contributed by atoms with Gasteiger partial charge in [0, 0.05) is 11.3 Å². The lowest BCUT2D eigenvalue weighted by Gasteiger charge is -2.51. The van der Waals surface area contributed by atoms with Gasteiger partial charge in [0.25, 0.3) is 0 Å². The molecule has 1 aliphatic carbocycles. The van der Waals surface area contributed by atoms with Crippen molar-refractivity contribution in [1.29, 1.82) is 0 Å². The number of aliphatic hydroxyl groups excluding tert-OH is 1. The Balaban J connectivity index is 2.12. The van der Waals surface area contributed by atoms with Crippen molar-refractivity contribution in [3.8, 4) is 0 Å². The summed E-state index contributed by atoms with van der Waals surface area (Å²) in [4.78, 5) is 0. The molecule has 0 aromatic heterocycles. The molecule has 2 aliphatic rings. The van der Waals surface area contributed by atoms with Crippen molar-refractivity contribution >= 4 is 0 Å². The highest BCUT2D eigenvalue weighted by Crippen LogP contribution is 2.56. The lowest BCUT2D eigenvalue weighted by molar-refractivity contribution is -0.180. The van der Waals surface area contributed by atoms with E-state index in [9.17, 15) is 10.2 Å². The molecule has 4 atom stereocenters. The molecular formula is C23H32O3. The summed E-state index contributed by atoms with van der Waals surface area (Å²) in [6.07, 6.45) is 7.20. The van der Waals surface area contributed by atoms with Gasteiger partial charge >= 0.3 is 0 Å². The molecule has 2 fully saturated rings. The molecule has 1 saturated carbocycles. The molecule has 0 radical (unpaired) electrons. The summed E-state index contributed by atoms with van der Waals surface area (Å²) in [6, 6.07) is 10.5. The van der Waals surface area contributed by atoms with E-state index in [1.165, 1.54) is 11.1 Å². The van der Waals surface area contributed by atoms with E-state index in [0.29, 0.717) is 19.4 Å². The molecule has 3 heteroatoms. The van der Waals surface area contributed by atoms with Crippen LogP contribution in [-0.4, -0.2) is 28.7 Å². The van der Waals surface area contributed by atoms with Gasteiger partial charge in [0.05, 0.1) is 12.2 Å². The number of ether oxygens (including phenoxy) is 1. The van der Waals surface area contributed by atoms with Crippen molar-refractivity contribution in [2.45, 2.75) is 64.8 Å². The highest BCUT2D eigenvalue weighted by Gasteiger charge is 2.54. The number of hydrogen-bond acceptors (Lipinski definition) is 3. The van der Waals surface area contributed by atoms with Gasteiger partial charge in [-0.05, 0) is 62.7 Å². The zero-order chi connectivity index (χ0) is 18.8. The average Bonchev–Trinajstić information content (AvgIpc) is 2.77. The van der Waals surface area contributed by atoms with Gasteiger partial charge in [-0.1, -0.05) is 49.4 Å². The molecule has 1 saturated heterocycles. The Kier molecular flexibility index (Phi) is 5.71. The first-order chi connectivity index (χ1) is 12.5. The Morgan fingerprint density at radius 3 is 2.50 bits per heavy atom. The SMILES string of the molecule is CC=C1COC(O)C2CC(O)(CC)CCC2(Cc2ccccc2)C1=CC. The number of aliphatic hydroxyl groups is 2. The number of allylic oxidation sites excluding steroid dienone is 2. The van der Waals surface area contributed by atoms with Gasteiger partial charge in [0.15, 0.2) is 6.29 Å². The highest BCUT2D eigenvalue weighted by molar-refractivity contribution is 5.41. The molecule has 1 aromatic carbocycles. The van der Waals surface area contributed by atoms with Crippen LogP contribution in [0.25, 0.3) is 0 Å². The fourth-order valence-corrected chi connectivity index (χ4v) is 5.05. The highest BCUT2D eigenvalue weighted by atomic mass is 16.6. The second-order valence-electron chi connectivity index (χ2n) is 7.92. The monoisotopic (exact) mass is 356 g/mol. The quantitative estimate of drug-likeness (QED) is 0.844. The normalized spacial score (nSPS) is 38.2. The van der Waals surface area contributed by atoms with Crippen LogP contribution in [0.15, 0.2) is 53.6 Å². The predicted octanol–water partition coefficient (Wildman–Crippen LogP) is 4.40. The minimum absolute atomic E-state index is 0.120. The van der Waals surface area contributed by atoms with Gasteiger partial charge in [0.2, 0.25) is 0 Å². The predicted molar refractivity (Wildman–Crippen MR) is 105 cm³/mol. The Bertz CT molecular complexity index is 678. The Hall–Kier alpha value is -1.42. The largest absolute Gasteiger partial charge is 0.390 e. The maximum atomic E-state index is 11.0. The van der Waals surface area contributed by atoms with Crippen LogP contribution in [0.5, 0.6) is 0 Å². The molecule has 1 heterocycles. The zero-order valence-electron chi connectivity index (χ0n) is 16.2. The van der Waals surface area contributed by atoms with E-state index in [-0.39, 0.29) is 11.3 Å². The smallest absolute Gasteiger partial charge is 0.158 e. The topological polar surface area (TPSA) is 49.7 Å². The fraction of sp³-hybridized carbons (Fsp3) is 0.565. The molecule has 0 amide bonds.